The molecule has 3 rings (SSSR count). The van der Waals surface area contributed by atoms with Crippen LogP contribution in [0.25, 0.3) is 0 Å². The highest BCUT2D eigenvalue weighted by molar-refractivity contribution is 7.13. The number of carbonyl (C=O) groups excluding carboxylic acids is 1. The van der Waals surface area contributed by atoms with Crippen molar-refractivity contribution in [2.24, 2.45) is 0 Å². The highest BCUT2D eigenvalue weighted by atomic mass is 32.1. The Balaban J connectivity index is 2.01. The van der Waals surface area contributed by atoms with Gasteiger partial charge in [0, 0.05) is 17.1 Å². The molecule has 2 heterocycles. The summed E-state index contributed by atoms with van der Waals surface area (Å²) >= 11 is 1.43. The highest BCUT2D eigenvalue weighted by Gasteiger charge is 2.36. The minimum atomic E-state index is -0.566. The number of hydrogen-bond acceptors (Lipinski definition) is 7. The van der Waals surface area contributed by atoms with Crippen molar-refractivity contribution >= 4 is 22.4 Å². The van der Waals surface area contributed by atoms with Crippen LogP contribution in [0, 0.1) is 0 Å². The number of anilines is 1. The molecule has 1 aliphatic heterocycles. The zero-order valence-electron chi connectivity index (χ0n) is 10.9. The second kappa shape index (κ2) is 5.01. The average Bonchev–Trinajstić information content (AvgIpc) is 3.07. The van der Waals surface area contributed by atoms with Gasteiger partial charge < -0.3 is 19.5 Å². The third kappa shape index (κ3) is 1.96. The van der Waals surface area contributed by atoms with E-state index >= 15 is 0 Å². The molecule has 2 aromatic rings. The Morgan fingerprint density at radius 3 is 2.85 bits per heavy atom. The van der Waals surface area contributed by atoms with E-state index in [1.807, 2.05) is 5.38 Å². The van der Waals surface area contributed by atoms with Gasteiger partial charge in [-0.05, 0) is 12.1 Å². The summed E-state index contributed by atoms with van der Waals surface area (Å²) in [5.74, 6) is 0.446. The maximum atomic E-state index is 12.0. The molecular formula is C13H12N2O4S. The number of cyclic esters (lactones) is 1. The van der Waals surface area contributed by atoms with Gasteiger partial charge in [-0.2, -0.15) is 0 Å². The first kappa shape index (κ1) is 12.7. The Labute approximate surface area is 119 Å². The van der Waals surface area contributed by atoms with E-state index in [0.29, 0.717) is 27.8 Å². The molecule has 0 saturated carbocycles. The SMILES string of the molecule is COc1ccc2c(c1OC)C(=O)O[C@@H]2Nc1nccs1. The van der Waals surface area contributed by atoms with Crippen LogP contribution in [0.4, 0.5) is 5.13 Å². The number of fused-ring (bicyclic) bond motifs is 1. The number of rotatable bonds is 4. The van der Waals surface area contributed by atoms with Gasteiger partial charge in [-0.25, -0.2) is 9.78 Å². The Morgan fingerprint density at radius 1 is 1.35 bits per heavy atom. The first-order valence-electron chi connectivity index (χ1n) is 5.86. The van der Waals surface area contributed by atoms with E-state index in [1.165, 1.54) is 25.6 Å². The number of hydrogen-bond donors (Lipinski definition) is 1. The fraction of sp³-hybridized carbons (Fsp3) is 0.231. The van der Waals surface area contributed by atoms with Gasteiger partial charge in [0.25, 0.3) is 0 Å². The van der Waals surface area contributed by atoms with Crippen molar-refractivity contribution in [2.45, 2.75) is 6.23 Å². The lowest BCUT2D eigenvalue weighted by Crippen LogP contribution is -2.09. The average molecular weight is 292 g/mol. The van der Waals surface area contributed by atoms with E-state index < -0.39 is 12.2 Å². The molecular weight excluding hydrogens is 280 g/mol. The number of nitrogens with one attached hydrogen (secondary N) is 1. The predicted octanol–water partition coefficient (Wildman–Crippen LogP) is 2.44. The minimum Gasteiger partial charge on any atom is -0.493 e. The number of benzene rings is 1. The largest absolute Gasteiger partial charge is 0.493 e. The molecule has 1 aromatic heterocycles. The number of nitrogens with zero attached hydrogens (tertiary/aromatic N) is 1. The van der Waals surface area contributed by atoms with Gasteiger partial charge in [-0.15, -0.1) is 11.3 Å². The third-order valence-corrected chi connectivity index (χ3v) is 3.68. The molecule has 1 N–H and O–H groups in total. The number of ether oxygens (including phenoxy) is 3. The summed E-state index contributed by atoms with van der Waals surface area (Å²) in [5, 5.41) is 5.59. The maximum Gasteiger partial charge on any atom is 0.344 e. The lowest BCUT2D eigenvalue weighted by Gasteiger charge is -2.13. The summed E-state index contributed by atoms with van der Waals surface area (Å²) < 4.78 is 15.8. The van der Waals surface area contributed by atoms with Crippen LogP contribution in [0.3, 0.4) is 0 Å². The van der Waals surface area contributed by atoms with E-state index in [2.05, 4.69) is 10.3 Å². The molecule has 1 aliphatic rings. The first-order chi connectivity index (χ1) is 9.74. The first-order valence-corrected chi connectivity index (χ1v) is 6.74. The van der Waals surface area contributed by atoms with Gasteiger partial charge in [0.15, 0.2) is 16.6 Å². The standard InChI is InChI=1S/C13H12N2O4S/c1-17-8-4-3-7-9(10(8)18-2)12(16)19-11(7)15-13-14-5-6-20-13/h3-6,11H,1-2H3,(H,14,15)/t11-/m0/s1. The molecule has 1 aromatic carbocycles. The van der Waals surface area contributed by atoms with Crippen molar-refractivity contribution < 1.29 is 19.0 Å². The summed E-state index contributed by atoms with van der Waals surface area (Å²) in [6, 6.07) is 3.53. The van der Waals surface area contributed by atoms with Gasteiger partial charge in [0.2, 0.25) is 6.23 Å². The quantitative estimate of drug-likeness (QED) is 0.873. The molecule has 6 nitrogen and oxygen atoms in total. The fourth-order valence-electron chi connectivity index (χ4n) is 2.11. The molecule has 0 unspecified atom stereocenters. The van der Waals surface area contributed by atoms with Crippen LogP contribution in [0.2, 0.25) is 0 Å². The summed E-state index contributed by atoms with van der Waals surface area (Å²) in [4.78, 5) is 16.2. The number of carbonyl (C=O) groups is 1. The van der Waals surface area contributed by atoms with E-state index in [1.54, 1.807) is 18.3 Å². The molecule has 0 bridgehead atoms. The third-order valence-electron chi connectivity index (χ3n) is 2.98. The zero-order valence-corrected chi connectivity index (χ0v) is 11.7. The van der Waals surface area contributed by atoms with Gasteiger partial charge in [0.1, 0.15) is 5.56 Å². The summed E-state index contributed by atoms with van der Waals surface area (Å²) in [6.07, 6.45) is 1.11. The monoisotopic (exact) mass is 292 g/mol. The fourth-order valence-corrected chi connectivity index (χ4v) is 2.66. The Kier molecular flexibility index (Phi) is 3.19. The van der Waals surface area contributed by atoms with Crippen LogP contribution in [-0.2, 0) is 4.74 Å². The number of aromatic nitrogens is 1. The van der Waals surface area contributed by atoms with E-state index in [-0.39, 0.29) is 0 Å². The van der Waals surface area contributed by atoms with Gasteiger partial charge in [-0.3, -0.25) is 0 Å². The van der Waals surface area contributed by atoms with Gasteiger partial charge in [0.05, 0.1) is 14.2 Å². The van der Waals surface area contributed by atoms with Crippen LogP contribution in [-0.4, -0.2) is 25.2 Å². The van der Waals surface area contributed by atoms with Crippen molar-refractivity contribution in [1.29, 1.82) is 0 Å². The van der Waals surface area contributed by atoms with Gasteiger partial charge in [-0.1, -0.05) is 0 Å². The number of esters is 1. The molecule has 0 fully saturated rings. The van der Waals surface area contributed by atoms with Crippen LogP contribution in [0.5, 0.6) is 11.5 Å². The summed E-state index contributed by atoms with van der Waals surface area (Å²) in [7, 11) is 3.02. The van der Waals surface area contributed by atoms with Crippen LogP contribution < -0.4 is 14.8 Å². The predicted molar refractivity (Wildman–Crippen MR) is 73.4 cm³/mol. The minimum absolute atomic E-state index is 0.387. The topological polar surface area (TPSA) is 69.7 Å². The van der Waals surface area contributed by atoms with Gasteiger partial charge >= 0.3 is 5.97 Å². The molecule has 0 spiro atoms. The van der Waals surface area contributed by atoms with Crippen molar-refractivity contribution in [2.75, 3.05) is 19.5 Å². The second-order valence-electron chi connectivity index (χ2n) is 4.03. The molecule has 7 heteroatoms. The van der Waals surface area contributed by atoms with Crippen molar-refractivity contribution in [3.05, 3.63) is 34.8 Å². The lowest BCUT2D eigenvalue weighted by atomic mass is 10.1. The van der Waals surface area contributed by atoms with Crippen molar-refractivity contribution in [1.82, 2.24) is 4.98 Å². The summed E-state index contributed by atoms with van der Waals surface area (Å²) in [6.45, 7) is 0. The van der Waals surface area contributed by atoms with Crippen molar-refractivity contribution in [3.63, 3.8) is 0 Å². The van der Waals surface area contributed by atoms with E-state index in [0.717, 1.165) is 0 Å². The van der Waals surface area contributed by atoms with Crippen LogP contribution >= 0.6 is 11.3 Å². The number of thiazole rings is 1. The lowest BCUT2D eigenvalue weighted by molar-refractivity contribution is 0.0435. The smallest absolute Gasteiger partial charge is 0.344 e. The molecule has 0 aliphatic carbocycles. The zero-order chi connectivity index (χ0) is 14.1. The molecule has 1 atom stereocenters. The molecule has 20 heavy (non-hydrogen) atoms. The number of methoxy groups -OCH3 is 2. The van der Waals surface area contributed by atoms with Crippen LogP contribution in [0.1, 0.15) is 22.1 Å². The molecule has 0 radical (unpaired) electrons. The van der Waals surface area contributed by atoms with E-state index in [4.69, 9.17) is 14.2 Å². The highest BCUT2D eigenvalue weighted by Crippen LogP contribution is 2.42. The Bertz CT molecular complexity index is 642. The Morgan fingerprint density at radius 2 is 2.20 bits per heavy atom. The van der Waals surface area contributed by atoms with Crippen molar-refractivity contribution in [3.8, 4) is 11.5 Å². The molecule has 104 valence electrons. The normalized spacial score (nSPS) is 16.5. The second-order valence-corrected chi connectivity index (χ2v) is 4.93. The molecule has 0 amide bonds. The van der Waals surface area contributed by atoms with E-state index in [9.17, 15) is 4.79 Å². The maximum absolute atomic E-state index is 12.0. The molecule has 0 saturated heterocycles. The summed E-state index contributed by atoms with van der Waals surface area (Å²) in [5.41, 5.74) is 1.10. The Hall–Kier alpha value is -2.28. The van der Waals surface area contributed by atoms with Crippen LogP contribution in [0.15, 0.2) is 23.7 Å².